The molecule has 0 amide bonds. The third-order valence-corrected chi connectivity index (χ3v) is 6.57. The number of nitrogens with one attached hydrogen (secondary N) is 2. The van der Waals surface area contributed by atoms with Gasteiger partial charge in [0.05, 0.1) is 21.8 Å². The van der Waals surface area contributed by atoms with E-state index in [1.807, 2.05) is 27.7 Å². The topological polar surface area (TPSA) is 40.2 Å². The molecule has 1 atom stereocenters. The largest absolute Gasteiger partial charge is 0.417 e. The predicted octanol–water partition coefficient (Wildman–Crippen LogP) is 6.97. The molecule has 1 fully saturated rings. The van der Waals surface area contributed by atoms with Gasteiger partial charge in [0.1, 0.15) is 10.7 Å². The zero-order valence-corrected chi connectivity index (χ0v) is 21.9. The normalized spacial score (nSPS) is 18.0. The first kappa shape index (κ1) is 27.8. The summed E-state index contributed by atoms with van der Waals surface area (Å²) in [5, 5.41) is 6.77. The highest BCUT2D eigenvalue weighted by atomic mass is 32.1. The Morgan fingerprint density at radius 1 is 1.26 bits per heavy atom. The lowest BCUT2D eigenvalue weighted by atomic mass is 10.0. The van der Waals surface area contributed by atoms with Crippen molar-refractivity contribution >= 4 is 28.3 Å². The molecule has 188 valence electrons. The first-order chi connectivity index (χ1) is 15.7. The minimum absolute atomic E-state index is 0.0152. The van der Waals surface area contributed by atoms with Gasteiger partial charge >= 0.3 is 6.18 Å². The second-order valence-corrected chi connectivity index (χ2v) is 10.6. The predicted molar refractivity (Wildman–Crippen MR) is 139 cm³/mol. The molecule has 1 aromatic heterocycles. The summed E-state index contributed by atoms with van der Waals surface area (Å²) in [6, 6.07) is 0.249. The molecule has 2 rings (SSSR count). The number of nitrogens with zero attached hydrogens (tertiary/aromatic N) is 2. The summed E-state index contributed by atoms with van der Waals surface area (Å²) in [5.41, 5.74) is 0.886. The molecule has 1 aromatic rings. The second-order valence-electron chi connectivity index (χ2n) is 9.57. The molecular weight excluding hydrogens is 457 g/mol. The van der Waals surface area contributed by atoms with E-state index in [-0.39, 0.29) is 17.2 Å². The van der Waals surface area contributed by atoms with E-state index < -0.39 is 11.7 Å². The monoisotopic (exact) mass is 494 g/mol. The van der Waals surface area contributed by atoms with Crippen molar-refractivity contribution in [1.29, 1.82) is 0 Å². The van der Waals surface area contributed by atoms with Crippen molar-refractivity contribution in [2.75, 3.05) is 13.1 Å². The maximum atomic E-state index is 14.4. The van der Waals surface area contributed by atoms with Crippen LogP contribution in [-0.2, 0) is 0 Å². The average molecular weight is 495 g/mol. The van der Waals surface area contributed by atoms with Crippen LogP contribution in [0.5, 0.6) is 0 Å². The summed E-state index contributed by atoms with van der Waals surface area (Å²) in [6.45, 7) is 24.8. The average Bonchev–Trinajstić information content (AvgIpc) is 3.32. The Bertz CT molecular complexity index is 993. The molecule has 1 aliphatic heterocycles. The first-order valence-electron chi connectivity index (χ1n) is 11.5. The van der Waals surface area contributed by atoms with E-state index in [1.54, 1.807) is 6.92 Å². The highest BCUT2D eigenvalue weighted by molar-refractivity contribution is 7.14. The number of aromatic nitrogens is 1. The molecule has 2 heterocycles. The number of rotatable bonds is 9. The van der Waals surface area contributed by atoms with E-state index in [9.17, 15) is 13.2 Å². The van der Waals surface area contributed by atoms with Crippen LogP contribution in [0.2, 0.25) is 0 Å². The molecule has 1 aliphatic rings. The van der Waals surface area contributed by atoms with Crippen LogP contribution < -0.4 is 10.6 Å². The fourth-order valence-corrected chi connectivity index (χ4v) is 5.16. The van der Waals surface area contributed by atoms with Crippen LogP contribution in [0.3, 0.4) is 0 Å². The van der Waals surface area contributed by atoms with Crippen LogP contribution in [0.4, 0.5) is 13.2 Å². The van der Waals surface area contributed by atoms with Crippen molar-refractivity contribution in [3.63, 3.8) is 0 Å². The maximum absolute atomic E-state index is 14.4. The van der Waals surface area contributed by atoms with E-state index in [0.717, 1.165) is 25.5 Å². The van der Waals surface area contributed by atoms with Crippen molar-refractivity contribution in [2.24, 2.45) is 0 Å². The van der Waals surface area contributed by atoms with Gasteiger partial charge in [0.2, 0.25) is 0 Å². The summed E-state index contributed by atoms with van der Waals surface area (Å²) >= 11 is 1.17. The van der Waals surface area contributed by atoms with Gasteiger partial charge in [-0.05, 0) is 60.5 Å². The van der Waals surface area contributed by atoms with Crippen molar-refractivity contribution < 1.29 is 13.2 Å². The first-order valence-corrected chi connectivity index (χ1v) is 12.3. The summed E-state index contributed by atoms with van der Waals surface area (Å²) < 4.78 is 43.1. The van der Waals surface area contributed by atoms with E-state index in [1.165, 1.54) is 17.4 Å². The van der Waals surface area contributed by atoms with Gasteiger partial charge in [-0.1, -0.05) is 25.8 Å². The molecule has 0 aromatic carbocycles. The molecule has 4 nitrogen and oxygen atoms in total. The van der Waals surface area contributed by atoms with Gasteiger partial charge in [-0.2, -0.15) is 13.2 Å². The molecule has 1 saturated heterocycles. The lowest BCUT2D eigenvalue weighted by Crippen LogP contribution is -2.34. The molecular formula is C26H37F3N4S. The van der Waals surface area contributed by atoms with Crippen LogP contribution >= 0.6 is 11.3 Å². The zero-order chi connectivity index (χ0) is 25.8. The van der Waals surface area contributed by atoms with Gasteiger partial charge in [0.15, 0.2) is 0 Å². The minimum Gasteiger partial charge on any atom is -0.384 e. The lowest BCUT2D eigenvalue weighted by molar-refractivity contribution is -0.0876. The van der Waals surface area contributed by atoms with Crippen molar-refractivity contribution in [1.82, 2.24) is 20.5 Å². The maximum Gasteiger partial charge on any atom is 0.417 e. The highest BCUT2D eigenvalue weighted by Crippen LogP contribution is 2.41. The van der Waals surface area contributed by atoms with E-state index in [4.69, 9.17) is 4.98 Å². The van der Waals surface area contributed by atoms with Crippen molar-refractivity contribution in [3.05, 3.63) is 58.7 Å². The second kappa shape index (κ2) is 10.8. The van der Waals surface area contributed by atoms with Gasteiger partial charge in [-0.25, -0.2) is 4.98 Å². The van der Waals surface area contributed by atoms with E-state index in [0.29, 0.717) is 39.2 Å². The summed E-state index contributed by atoms with van der Waals surface area (Å²) in [7, 11) is 0. The molecule has 0 saturated carbocycles. The SMILES string of the molecule is C=C/C(=C(\C=C(/C)NC(C)(C)C)C(F)(F)F)c1sc(C(=C)NCC)nc1C(=C)N1CCCC1C. The quantitative estimate of drug-likeness (QED) is 0.364. The van der Waals surface area contributed by atoms with Crippen LogP contribution in [0, 0.1) is 0 Å². The van der Waals surface area contributed by atoms with Crippen LogP contribution in [0.25, 0.3) is 17.0 Å². The molecule has 0 radical (unpaired) electrons. The molecule has 34 heavy (non-hydrogen) atoms. The number of hydrogen-bond donors (Lipinski definition) is 2. The summed E-state index contributed by atoms with van der Waals surface area (Å²) in [6.07, 6.45) is -0.164. The Hall–Kier alpha value is -2.48. The minimum atomic E-state index is -4.59. The standard InChI is InChI=1S/C26H37F3N4S/c1-10-20(21(26(27,28)29)15-16(3)32-25(7,8)9)23-22(19(6)33-14-12-13-17(33)4)31-24(34-23)18(5)30-11-2/h10,15,17,30,32H,1,5-6,11-14H2,2-4,7-9H3/b16-15+,21-20-. The Morgan fingerprint density at radius 3 is 2.38 bits per heavy atom. The van der Waals surface area contributed by atoms with Gasteiger partial charge < -0.3 is 15.5 Å². The Kier molecular flexibility index (Phi) is 8.86. The van der Waals surface area contributed by atoms with Crippen molar-refractivity contribution in [3.8, 4) is 0 Å². The fraction of sp³-hybridized carbons (Fsp3) is 0.500. The number of alkyl halides is 3. The summed E-state index contributed by atoms with van der Waals surface area (Å²) in [5.74, 6) is 0. The van der Waals surface area contributed by atoms with Gasteiger partial charge in [0, 0.05) is 35.9 Å². The Morgan fingerprint density at radius 2 is 1.91 bits per heavy atom. The molecule has 1 unspecified atom stereocenters. The van der Waals surface area contributed by atoms with E-state index >= 15 is 0 Å². The fourth-order valence-electron chi connectivity index (χ4n) is 4.07. The van der Waals surface area contributed by atoms with Gasteiger partial charge in [-0.3, -0.25) is 0 Å². The van der Waals surface area contributed by atoms with Crippen LogP contribution in [0.1, 0.15) is 70.0 Å². The highest BCUT2D eigenvalue weighted by Gasteiger charge is 2.37. The van der Waals surface area contributed by atoms with Gasteiger partial charge in [-0.15, -0.1) is 11.3 Å². The molecule has 8 heteroatoms. The lowest BCUT2D eigenvalue weighted by Gasteiger charge is -2.26. The third kappa shape index (κ3) is 6.78. The Balaban J connectivity index is 2.76. The third-order valence-electron chi connectivity index (χ3n) is 5.43. The van der Waals surface area contributed by atoms with E-state index in [2.05, 4.69) is 42.2 Å². The molecule has 0 bridgehead atoms. The molecule has 0 aliphatic carbocycles. The molecule has 2 N–H and O–H groups in total. The van der Waals surface area contributed by atoms with Gasteiger partial charge in [0.25, 0.3) is 0 Å². The van der Waals surface area contributed by atoms with Crippen LogP contribution in [0.15, 0.2) is 43.2 Å². The van der Waals surface area contributed by atoms with Crippen LogP contribution in [-0.4, -0.2) is 40.7 Å². The number of hydrogen-bond acceptors (Lipinski definition) is 5. The number of halogens is 3. The van der Waals surface area contributed by atoms with Crippen molar-refractivity contribution in [2.45, 2.75) is 72.1 Å². The summed E-state index contributed by atoms with van der Waals surface area (Å²) in [4.78, 5) is 7.22. The number of likely N-dealkylation sites (tertiary alicyclic amines) is 1. The molecule has 0 spiro atoms. The smallest absolute Gasteiger partial charge is 0.384 e. The number of allylic oxidation sites excluding steroid dienone is 5. The number of thiazole rings is 1. The zero-order valence-electron chi connectivity index (χ0n) is 21.1. The Labute approximate surface area is 206 Å².